The zero-order valence-electron chi connectivity index (χ0n) is 3.19. The molecule has 0 fully saturated rings. The van der Waals surface area contributed by atoms with Crippen LogP contribution in [0, 0.1) is 0 Å². The van der Waals surface area contributed by atoms with Crippen LogP contribution in [-0.4, -0.2) is 11.7 Å². The lowest BCUT2D eigenvalue weighted by molar-refractivity contribution is 0.343. The molecule has 0 aromatic carbocycles. The van der Waals surface area contributed by atoms with E-state index >= 15 is 0 Å². The molecule has 0 bridgehead atoms. The molecule has 0 radical (unpaired) electrons. The van der Waals surface area contributed by atoms with Crippen LogP contribution < -0.4 is 0 Å². The average molecular weight is 129 g/mol. The van der Waals surface area contributed by atoms with Crippen LogP contribution in [0.5, 0.6) is 0 Å². The van der Waals surface area contributed by atoms with Crippen molar-refractivity contribution >= 4 is 21.7 Å². The minimum atomic E-state index is 0.0833. The Balaban J connectivity index is 0. The Bertz CT molecular complexity index is 22.8. The SMILES string of the molecule is C=CCO.ClCl. The number of halogens is 2. The molecule has 0 aromatic heterocycles. The van der Waals surface area contributed by atoms with Gasteiger partial charge in [0.05, 0.1) is 6.61 Å². The largest absolute Gasteiger partial charge is 0.392 e. The van der Waals surface area contributed by atoms with Crippen molar-refractivity contribution < 1.29 is 5.11 Å². The second-order valence-electron chi connectivity index (χ2n) is 0.471. The fourth-order valence-electron chi connectivity index (χ4n) is 0. The Morgan fingerprint density at radius 3 is 1.83 bits per heavy atom. The molecule has 0 aliphatic rings. The Hall–Kier alpha value is 0.280. The molecule has 0 aromatic rings. The molecule has 6 heavy (non-hydrogen) atoms. The molecule has 0 amide bonds. The third-order valence-corrected chi connectivity index (χ3v) is 0.129. The van der Waals surface area contributed by atoms with Crippen LogP contribution in [-0.2, 0) is 0 Å². The molecule has 0 saturated heterocycles. The van der Waals surface area contributed by atoms with E-state index < -0.39 is 0 Å². The summed E-state index contributed by atoms with van der Waals surface area (Å²) in [5, 5.41) is 7.76. The summed E-state index contributed by atoms with van der Waals surface area (Å²) in [6.07, 6.45) is 1.43. The molecular formula is C3H6Cl2O. The highest BCUT2D eigenvalue weighted by atomic mass is 36.5. The molecule has 0 aliphatic heterocycles. The first-order chi connectivity index (χ1) is 2.91. The molecular weight excluding hydrogens is 123 g/mol. The van der Waals surface area contributed by atoms with Gasteiger partial charge in [-0.3, -0.25) is 0 Å². The van der Waals surface area contributed by atoms with Crippen molar-refractivity contribution in [2.24, 2.45) is 0 Å². The van der Waals surface area contributed by atoms with Crippen LogP contribution in [0.25, 0.3) is 0 Å². The van der Waals surface area contributed by atoms with Gasteiger partial charge < -0.3 is 5.11 Å². The lowest BCUT2D eigenvalue weighted by Crippen LogP contribution is -1.62. The van der Waals surface area contributed by atoms with Gasteiger partial charge in [0.25, 0.3) is 0 Å². The van der Waals surface area contributed by atoms with Gasteiger partial charge in [-0.25, -0.2) is 0 Å². The molecule has 3 heteroatoms. The van der Waals surface area contributed by atoms with Gasteiger partial charge in [0.1, 0.15) is 0 Å². The minimum Gasteiger partial charge on any atom is -0.392 e. The predicted molar refractivity (Wildman–Crippen MR) is 29.0 cm³/mol. The number of aliphatic hydroxyl groups excluding tert-OH is 1. The number of hydrogen-bond acceptors (Lipinski definition) is 1. The van der Waals surface area contributed by atoms with Crippen LogP contribution in [0.4, 0.5) is 0 Å². The molecule has 1 N–H and O–H groups in total. The number of hydrogen-bond donors (Lipinski definition) is 1. The second-order valence-corrected chi connectivity index (χ2v) is 0.471. The maximum atomic E-state index is 7.76. The van der Waals surface area contributed by atoms with E-state index in [2.05, 4.69) is 28.3 Å². The summed E-state index contributed by atoms with van der Waals surface area (Å²) < 4.78 is 0. The summed E-state index contributed by atoms with van der Waals surface area (Å²) in [5.74, 6) is 0. The van der Waals surface area contributed by atoms with E-state index in [1.165, 1.54) is 6.08 Å². The van der Waals surface area contributed by atoms with Gasteiger partial charge in [0, 0.05) is 21.7 Å². The lowest BCUT2D eigenvalue weighted by Gasteiger charge is -1.60. The lowest BCUT2D eigenvalue weighted by atomic mass is 10.7. The highest BCUT2D eigenvalue weighted by Gasteiger charge is 1.45. The van der Waals surface area contributed by atoms with Crippen LogP contribution in [0.1, 0.15) is 0 Å². The molecule has 0 aliphatic carbocycles. The zero-order valence-corrected chi connectivity index (χ0v) is 4.71. The summed E-state index contributed by atoms with van der Waals surface area (Å²) in [6.45, 7) is 3.31. The Labute approximate surface area is 46.8 Å². The summed E-state index contributed by atoms with van der Waals surface area (Å²) in [4.78, 5) is 0. The van der Waals surface area contributed by atoms with Gasteiger partial charge in [0.2, 0.25) is 0 Å². The van der Waals surface area contributed by atoms with E-state index in [9.17, 15) is 0 Å². The number of rotatable bonds is 1. The number of aliphatic hydroxyl groups is 1. The van der Waals surface area contributed by atoms with Crippen LogP contribution >= 0.6 is 21.7 Å². The fraction of sp³-hybridized carbons (Fsp3) is 0.333. The molecule has 38 valence electrons. The first-order valence-electron chi connectivity index (χ1n) is 1.28. The molecule has 0 saturated carbocycles. The quantitative estimate of drug-likeness (QED) is 0.532. The van der Waals surface area contributed by atoms with Crippen molar-refractivity contribution in [1.29, 1.82) is 0 Å². The van der Waals surface area contributed by atoms with E-state index in [4.69, 9.17) is 5.11 Å². The smallest absolute Gasteiger partial charge is 0.0609 e. The summed E-state index contributed by atoms with van der Waals surface area (Å²) in [7, 11) is 8.22. The molecule has 0 spiro atoms. The predicted octanol–water partition coefficient (Wildman–Crippen LogP) is 1.54. The third kappa shape index (κ3) is 28.1. The van der Waals surface area contributed by atoms with Gasteiger partial charge in [-0.2, -0.15) is 0 Å². The van der Waals surface area contributed by atoms with Crippen molar-refractivity contribution in [2.45, 2.75) is 0 Å². The zero-order chi connectivity index (χ0) is 5.41. The van der Waals surface area contributed by atoms with Crippen LogP contribution in [0.2, 0.25) is 0 Å². The van der Waals surface area contributed by atoms with Crippen molar-refractivity contribution in [3.63, 3.8) is 0 Å². The van der Waals surface area contributed by atoms with Gasteiger partial charge in [0.15, 0.2) is 0 Å². The van der Waals surface area contributed by atoms with Crippen LogP contribution in [0.3, 0.4) is 0 Å². The third-order valence-electron chi connectivity index (χ3n) is 0.129. The first-order valence-corrected chi connectivity index (χ1v) is 2.42. The maximum Gasteiger partial charge on any atom is 0.0609 e. The molecule has 0 heterocycles. The fourth-order valence-corrected chi connectivity index (χ4v) is 0. The average Bonchev–Trinajstić information content (AvgIpc) is 1.72. The first kappa shape index (κ1) is 9.56. The molecule has 0 rings (SSSR count). The van der Waals surface area contributed by atoms with Crippen molar-refractivity contribution in [3.05, 3.63) is 12.7 Å². The van der Waals surface area contributed by atoms with Crippen molar-refractivity contribution in [3.8, 4) is 0 Å². The Kier molecular flexibility index (Phi) is 29.6. The second kappa shape index (κ2) is 18.6. The van der Waals surface area contributed by atoms with Crippen molar-refractivity contribution in [2.75, 3.05) is 6.61 Å². The Morgan fingerprint density at radius 2 is 1.83 bits per heavy atom. The topological polar surface area (TPSA) is 20.2 Å². The summed E-state index contributed by atoms with van der Waals surface area (Å²) in [5.41, 5.74) is 0. The molecule has 1 nitrogen and oxygen atoms in total. The normalized spacial score (nSPS) is 5.17. The Morgan fingerprint density at radius 1 is 1.67 bits per heavy atom. The van der Waals surface area contributed by atoms with Crippen LogP contribution in [0.15, 0.2) is 12.7 Å². The van der Waals surface area contributed by atoms with E-state index in [1.807, 2.05) is 0 Å². The highest BCUT2D eigenvalue weighted by molar-refractivity contribution is 6.85. The van der Waals surface area contributed by atoms with Gasteiger partial charge in [-0.05, 0) is 0 Å². The van der Waals surface area contributed by atoms with Gasteiger partial charge >= 0.3 is 0 Å². The summed E-state index contributed by atoms with van der Waals surface area (Å²) >= 11 is 0. The molecule has 0 atom stereocenters. The highest BCUT2D eigenvalue weighted by Crippen LogP contribution is 1.69. The molecule has 0 unspecified atom stereocenters. The standard InChI is InChI=1S/C3H6O.Cl2/c1-2-3-4;1-2/h2,4H,1,3H2;. The maximum absolute atomic E-state index is 7.76. The van der Waals surface area contributed by atoms with Gasteiger partial charge in [-0.1, -0.05) is 6.08 Å². The van der Waals surface area contributed by atoms with E-state index in [-0.39, 0.29) is 6.61 Å². The minimum absolute atomic E-state index is 0.0833. The van der Waals surface area contributed by atoms with Crippen molar-refractivity contribution in [1.82, 2.24) is 0 Å². The van der Waals surface area contributed by atoms with Gasteiger partial charge in [-0.15, -0.1) is 6.58 Å². The monoisotopic (exact) mass is 128 g/mol. The summed E-state index contributed by atoms with van der Waals surface area (Å²) in [6, 6.07) is 0. The van der Waals surface area contributed by atoms with E-state index in [0.717, 1.165) is 0 Å². The van der Waals surface area contributed by atoms with E-state index in [1.54, 1.807) is 0 Å². The van der Waals surface area contributed by atoms with E-state index in [0.29, 0.717) is 0 Å².